The lowest BCUT2D eigenvalue weighted by Crippen LogP contribution is -2.31. The summed E-state index contributed by atoms with van der Waals surface area (Å²) in [5.74, 6) is -3.03. The molecule has 134 valence electrons. The number of halogens is 2. The summed E-state index contributed by atoms with van der Waals surface area (Å²) in [6.07, 6.45) is -1.17. The predicted octanol–water partition coefficient (Wildman–Crippen LogP) is 1.70. The first kappa shape index (κ1) is 17.8. The quantitative estimate of drug-likeness (QED) is 0.781. The number of benzene rings is 1. The van der Waals surface area contributed by atoms with Crippen molar-refractivity contribution in [3.63, 3.8) is 0 Å². The molecule has 1 aliphatic carbocycles. The largest absolute Gasteiger partial charge is 0.390 e. The zero-order valence-corrected chi connectivity index (χ0v) is 13.7. The van der Waals surface area contributed by atoms with E-state index in [4.69, 9.17) is 0 Å². The third-order valence-electron chi connectivity index (χ3n) is 4.87. The monoisotopic (exact) mass is 350 g/mol. The molecule has 1 aromatic heterocycles. The van der Waals surface area contributed by atoms with Crippen molar-refractivity contribution in [1.82, 2.24) is 9.97 Å². The standard InChI is InChI=1S/C18H20F2N2O3/c1-9-4-12(22-8-21-9)5-11-6-13(18(25)17(11)24)16(23)10-2-3-14(19)15(20)7-10/h2-4,7-8,11,13,16-18,23-25H,5-6H2,1H3/t11-,13-,16-,17+,18-/m1/s1. The van der Waals surface area contributed by atoms with Crippen molar-refractivity contribution in [1.29, 1.82) is 0 Å². The van der Waals surface area contributed by atoms with Crippen LogP contribution in [0.5, 0.6) is 0 Å². The van der Waals surface area contributed by atoms with Crippen LogP contribution in [0.25, 0.3) is 0 Å². The Balaban J connectivity index is 1.75. The fraction of sp³-hybridized carbons (Fsp3) is 0.444. The second-order valence-corrected chi connectivity index (χ2v) is 6.61. The van der Waals surface area contributed by atoms with E-state index in [0.29, 0.717) is 12.8 Å². The lowest BCUT2D eigenvalue weighted by atomic mass is 9.91. The molecule has 0 aliphatic heterocycles. The average Bonchev–Trinajstić information content (AvgIpc) is 2.85. The molecular weight excluding hydrogens is 330 g/mol. The molecule has 1 saturated carbocycles. The fourth-order valence-corrected chi connectivity index (χ4v) is 3.51. The molecule has 1 heterocycles. The Morgan fingerprint density at radius 2 is 1.88 bits per heavy atom. The number of hydrogen-bond acceptors (Lipinski definition) is 5. The third kappa shape index (κ3) is 3.68. The van der Waals surface area contributed by atoms with Crippen LogP contribution in [0.1, 0.15) is 29.5 Å². The highest BCUT2D eigenvalue weighted by molar-refractivity contribution is 5.22. The molecule has 25 heavy (non-hydrogen) atoms. The van der Waals surface area contributed by atoms with Crippen LogP contribution < -0.4 is 0 Å². The second kappa shape index (κ2) is 7.11. The summed E-state index contributed by atoms with van der Waals surface area (Å²) in [4.78, 5) is 8.17. The minimum Gasteiger partial charge on any atom is -0.390 e. The Labute approximate surface area is 144 Å². The molecule has 0 saturated heterocycles. The van der Waals surface area contributed by atoms with E-state index in [2.05, 4.69) is 9.97 Å². The lowest BCUT2D eigenvalue weighted by Gasteiger charge is -2.22. The Hall–Kier alpha value is -1.96. The van der Waals surface area contributed by atoms with Crippen LogP contribution in [0.2, 0.25) is 0 Å². The van der Waals surface area contributed by atoms with Crippen LogP contribution in [0, 0.1) is 30.4 Å². The molecule has 0 spiro atoms. The second-order valence-electron chi connectivity index (χ2n) is 6.61. The van der Waals surface area contributed by atoms with Crippen molar-refractivity contribution in [2.75, 3.05) is 0 Å². The Kier molecular flexibility index (Phi) is 5.08. The predicted molar refractivity (Wildman–Crippen MR) is 85.4 cm³/mol. The molecule has 0 bridgehead atoms. The average molecular weight is 350 g/mol. The first-order chi connectivity index (χ1) is 11.9. The van der Waals surface area contributed by atoms with E-state index in [9.17, 15) is 24.1 Å². The van der Waals surface area contributed by atoms with Gasteiger partial charge in [-0.1, -0.05) is 6.07 Å². The maximum absolute atomic E-state index is 13.4. The number of hydrogen-bond donors (Lipinski definition) is 3. The van der Waals surface area contributed by atoms with Crippen LogP contribution in [0.3, 0.4) is 0 Å². The molecule has 7 heteroatoms. The van der Waals surface area contributed by atoms with Crippen molar-refractivity contribution < 1.29 is 24.1 Å². The van der Waals surface area contributed by atoms with Crippen molar-refractivity contribution in [3.05, 3.63) is 59.2 Å². The molecule has 0 unspecified atom stereocenters. The molecule has 5 nitrogen and oxygen atoms in total. The summed E-state index contributed by atoms with van der Waals surface area (Å²) >= 11 is 0. The van der Waals surface area contributed by atoms with Gasteiger partial charge in [-0.15, -0.1) is 0 Å². The van der Waals surface area contributed by atoms with Gasteiger partial charge in [0.15, 0.2) is 11.6 Å². The van der Waals surface area contributed by atoms with Crippen LogP contribution in [-0.2, 0) is 6.42 Å². The topological polar surface area (TPSA) is 86.5 Å². The molecule has 5 atom stereocenters. The van der Waals surface area contributed by atoms with Gasteiger partial charge in [-0.25, -0.2) is 18.7 Å². The first-order valence-electron chi connectivity index (χ1n) is 8.13. The smallest absolute Gasteiger partial charge is 0.159 e. The highest BCUT2D eigenvalue weighted by Gasteiger charge is 2.45. The lowest BCUT2D eigenvalue weighted by molar-refractivity contribution is -0.0278. The van der Waals surface area contributed by atoms with Gasteiger partial charge in [0.05, 0.1) is 18.3 Å². The van der Waals surface area contributed by atoms with E-state index >= 15 is 0 Å². The van der Waals surface area contributed by atoms with Gasteiger partial charge < -0.3 is 15.3 Å². The Bertz CT molecular complexity index is 759. The number of aliphatic hydroxyl groups excluding tert-OH is 3. The summed E-state index contributed by atoms with van der Waals surface area (Å²) in [5, 5.41) is 31.1. The van der Waals surface area contributed by atoms with Crippen molar-refractivity contribution >= 4 is 0 Å². The van der Waals surface area contributed by atoms with Gasteiger partial charge in [-0.2, -0.15) is 0 Å². The van der Waals surface area contributed by atoms with Crippen molar-refractivity contribution in [2.45, 2.75) is 38.1 Å². The first-order valence-corrected chi connectivity index (χ1v) is 8.13. The van der Waals surface area contributed by atoms with E-state index in [1.165, 1.54) is 12.4 Å². The maximum atomic E-state index is 13.4. The molecule has 3 rings (SSSR count). The molecule has 0 amide bonds. The number of aliphatic hydroxyl groups is 3. The van der Waals surface area contributed by atoms with Crippen LogP contribution >= 0.6 is 0 Å². The summed E-state index contributed by atoms with van der Waals surface area (Å²) in [5.41, 5.74) is 1.72. The SMILES string of the molecule is Cc1cc(C[C@@H]2C[C@H]([C@H](O)c3ccc(F)c(F)c3)[C@@H](O)[C@H]2O)ncn1. The highest BCUT2D eigenvalue weighted by atomic mass is 19.2. The molecule has 1 fully saturated rings. The summed E-state index contributed by atoms with van der Waals surface area (Å²) in [7, 11) is 0. The molecule has 2 aromatic rings. The zero-order valence-electron chi connectivity index (χ0n) is 13.7. The van der Waals surface area contributed by atoms with Crippen LogP contribution in [-0.4, -0.2) is 37.5 Å². The van der Waals surface area contributed by atoms with Gasteiger partial charge in [-0.05, 0) is 49.4 Å². The molecule has 0 radical (unpaired) electrons. The molecule has 1 aromatic carbocycles. The maximum Gasteiger partial charge on any atom is 0.159 e. The number of aromatic nitrogens is 2. The normalized spacial score (nSPS) is 27.4. The van der Waals surface area contributed by atoms with Gasteiger partial charge in [-0.3, -0.25) is 0 Å². The molecule has 1 aliphatic rings. The van der Waals surface area contributed by atoms with E-state index in [0.717, 1.165) is 23.5 Å². The van der Waals surface area contributed by atoms with Crippen LogP contribution in [0.4, 0.5) is 8.78 Å². The van der Waals surface area contributed by atoms with Gasteiger partial charge in [0, 0.05) is 17.3 Å². The Morgan fingerprint density at radius 3 is 2.56 bits per heavy atom. The van der Waals surface area contributed by atoms with Gasteiger partial charge in [0.25, 0.3) is 0 Å². The fourth-order valence-electron chi connectivity index (χ4n) is 3.51. The summed E-state index contributed by atoms with van der Waals surface area (Å²) in [6.45, 7) is 1.83. The zero-order chi connectivity index (χ0) is 18.1. The highest BCUT2D eigenvalue weighted by Crippen LogP contribution is 2.41. The summed E-state index contributed by atoms with van der Waals surface area (Å²) in [6, 6.07) is 4.94. The molecule has 3 N–H and O–H groups in total. The van der Waals surface area contributed by atoms with Crippen molar-refractivity contribution in [3.8, 4) is 0 Å². The molecular formula is C18H20F2N2O3. The third-order valence-corrected chi connectivity index (χ3v) is 4.87. The van der Waals surface area contributed by atoms with Crippen molar-refractivity contribution in [2.24, 2.45) is 11.8 Å². The van der Waals surface area contributed by atoms with E-state index in [-0.39, 0.29) is 11.5 Å². The minimum atomic E-state index is -1.20. The number of nitrogens with zero attached hydrogens (tertiary/aromatic N) is 2. The van der Waals surface area contributed by atoms with E-state index < -0.39 is 35.9 Å². The summed E-state index contributed by atoms with van der Waals surface area (Å²) < 4.78 is 26.4. The van der Waals surface area contributed by atoms with E-state index in [1.807, 2.05) is 6.92 Å². The Morgan fingerprint density at radius 1 is 1.12 bits per heavy atom. The van der Waals surface area contributed by atoms with Crippen LogP contribution in [0.15, 0.2) is 30.6 Å². The van der Waals surface area contributed by atoms with Gasteiger partial charge in [0.1, 0.15) is 6.33 Å². The van der Waals surface area contributed by atoms with Gasteiger partial charge in [0.2, 0.25) is 0 Å². The van der Waals surface area contributed by atoms with E-state index in [1.54, 1.807) is 6.07 Å². The minimum absolute atomic E-state index is 0.175. The number of rotatable bonds is 4. The van der Waals surface area contributed by atoms with Gasteiger partial charge >= 0.3 is 0 Å². The number of aryl methyl sites for hydroxylation is 1.